The third-order valence-corrected chi connectivity index (χ3v) is 6.01. The Morgan fingerprint density at radius 1 is 0.931 bits per heavy atom. The van der Waals surface area contributed by atoms with E-state index in [0.717, 1.165) is 18.4 Å². The molecule has 1 aliphatic heterocycles. The number of rotatable bonds is 7. The lowest BCUT2D eigenvalue weighted by molar-refractivity contribution is -0.122. The standard InChI is InChI=1S/C24H26N2O3/c27-21(25-22(18-11-4-5-12-18)17-9-2-1-3-10-17)15-8-16-26-23(28)19-13-6-7-14-20(19)24(26)29/h1-3,6-7,9-10,13-14,18,22H,4-5,8,11-12,15-16H2,(H,25,27)/t22-/m0/s1. The van der Waals surface area contributed by atoms with Crippen molar-refractivity contribution in [1.82, 2.24) is 10.2 Å². The summed E-state index contributed by atoms with van der Waals surface area (Å²) in [7, 11) is 0. The summed E-state index contributed by atoms with van der Waals surface area (Å²) in [5.74, 6) is -0.0850. The topological polar surface area (TPSA) is 66.5 Å². The maximum atomic E-state index is 12.6. The first-order chi connectivity index (χ1) is 14.1. The SMILES string of the molecule is O=C(CCCN1C(=O)c2ccccc2C1=O)N[C@@H](c1ccccc1)C1CCCC1. The molecule has 5 heteroatoms. The van der Waals surface area contributed by atoms with Crippen molar-refractivity contribution in [2.75, 3.05) is 6.54 Å². The summed E-state index contributed by atoms with van der Waals surface area (Å²) in [6, 6.07) is 17.0. The van der Waals surface area contributed by atoms with Gasteiger partial charge in [0.25, 0.3) is 11.8 Å². The molecule has 3 amide bonds. The number of imide groups is 1. The molecule has 1 saturated carbocycles. The van der Waals surface area contributed by atoms with Gasteiger partial charge in [-0.2, -0.15) is 0 Å². The number of carbonyl (C=O) groups is 3. The van der Waals surface area contributed by atoms with Crippen LogP contribution in [0.15, 0.2) is 54.6 Å². The maximum absolute atomic E-state index is 12.6. The fourth-order valence-electron chi connectivity index (χ4n) is 4.51. The van der Waals surface area contributed by atoms with Gasteiger partial charge >= 0.3 is 0 Å². The molecule has 0 aromatic heterocycles. The van der Waals surface area contributed by atoms with Gasteiger partial charge in [0, 0.05) is 13.0 Å². The smallest absolute Gasteiger partial charge is 0.261 e. The molecule has 1 fully saturated rings. The fourth-order valence-corrected chi connectivity index (χ4v) is 4.51. The van der Waals surface area contributed by atoms with Crippen LogP contribution in [0, 0.1) is 5.92 Å². The van der Waals surface area contributed by atoms with Gasteiger partial charge in [0.2, 0.25) is 5.91 Å². The largest absolute Gasteiger partial charge is 0.349 e. The predicted octanol–water partition coefficient (Wildman–Crippen LogP) is 4.11. The number of benzene rings is 2. The van der Waals surface area contributed by atoms with E-state index >= 15 is 0 Å². The highest BCUT2D eigenvalue weighted by Crippen LogP contribution is 2.35. The molecule has 150 valence electrons. The molecule has 29 heavy (non-hydrogen) atoms. The van der Waals surface area contributed by atoms with Crippen LogP contribution in [0.25, 0.3) is 0 Å². The minimum Gasteiger partial charge on any atom is -0.349 e. The number of fused-ring (bicyclic) bond motifs is 1. The summed E-state index contributed by atoms with van der Waals surface area (Å²) in [4.78, 5) is 38.7. The van der Waals surface area contributed by atoms with Gasteiger partial charge < -0.3 is 5.32 Å². The third-order valence-electron chi connectivity index (χ3n) is 6.01. The van der Waals surface area contributed by atoms with Crippen LogP contribution in [0.2, 0.25) is 0 Å². The molecule has 0 radical (unpaired) electrons. The molecule has 2 aliphatic rings. The quantitative estimate of drug-likeness (QED) is 0.724. The van der Waals surface area contributed by atoms with Gasteiger partial charge in [-0.15, -0.1) is 0 Å². The van der Waals surface area contributed by atoms with Crippen LogP contribution in [0.3, 0.4) is 0 Å². The molecule has 1 N–H and O–H groups in total. The second-order valence-electron chi connectivity index (χ2n) is 7.91. The van der Waals surface area contributed by atoms with E-state index in [-0.39, 0.29) is 30.3 Å². The van der Waals surface area contributed by atoms with Crippen molar-refractivity contribution in [3.63, 3.8) is 0 Å². The Hall–Kier alpha value is -2.95. The van der Waals surface area contributed by atoms with Gasteiger partial charge in [-0.1, -0.05) is 55.3 Å². The highest BCUT2D eigenvalue weighted by molar-refractivity contribution is 6.21. The fraction of sp³-hybridized carbons (Fsp3) is 0.375. The Bertz CT molecular complexity index is 868. The third kappa shape index (κ3) is 4.09. The van der Waals surface area contributed by atoms with Crippen LogP contribution in [0.4, 0.5) is 0 Å². The van der Waals surface area contributed by atoms with Gasteiger partial charge in [0.05, 0.1) is 17.2 Å². The molecular formula is C24H26N2O3. The number of hydrogen-bond acceptors (Lipinski definition) is 3. The summed E-state index contributed by atoms with van der Waals surface area (Å²) in [6.45, 7) is 0.263. The van der Waals surface area contributed by atoms with Crippen molar-refractivity contribution in [3.05, 3.63) is 71.3 Å². The predicted molar refractivity (Wildman–Crippen MR) is 110 cm³/mol. The molecule has 0 saturated heterocycles. The molecule has 5 nitrogen and oxygen atoms in total. The van der Waals surface area contributed by atoms with E-state index in [1.165, 1.54) is 17.7 Å². The van der Waals surface area contributed by atoms with E-state index in [0.29, 0.717) is 29.9 Å². The zero-order valence-corrected chi connectivity index (χ0v) is 16.5. The molecule has 0 bridgehead atoms. The summed E-state index contributed by atoms with van der Waals surface area (Å²) >= 11 is 0. The molecule has 0 unspecified atom stereocenters. The monoisotopic (exact) mass is 390 g/mol. The molecule has 2 aromatic rings. The van der Waals surface area contributed by atoms with Crippen LogP contribution in [-0.4, -0.2) is 29.2 Å². The average Bonchev–Trinajstić information content (AvgIpc) is 3.36. The zero-order valence-electron chi connectivity index (χ0n) is 16.5. The van der Waals surface area contributed by atoms with Gasteiger partial charge in [-0.05, 0) is 42.9 Å². The van der Waals surface area contributed by atoms with Crippen molar-refractivity contribution < 1.29 is 14.4 Å². The first kappa shape index (κ1) is 19.4. The van der Waals surface area contributed by atoms with Crippen molar-refractivity contribution in [1.29, 1.82) is 0 Å². The molecule has 1 aliphatic carbocycles. The maximum Gasteiger partial charge on any atom is 0.261 e. The summed E-state index contributed by atoms with van der Waals surface area (Å²) in [5, 5.41) is 3.21. The van der Waals surface area contributed by atoms with Crippen LogP contribution in [-0.2, 0) is 4.79 Å². The first-order valence-corrected chi connectivity index (χ1v) is 10.4. The van der Waals surface area contributed by atoms with E-state index in [1.54, 1.807) is 24.3 Å². The molecule has 1 heterocycles. The minimum atomic E-state index is -0.265. The Labute approximate surface area is 171 Å². The summed E-state index contributed by atoms with van der Waals surface area (Å²) in [6.07, 6.45) is 5.45. The summed E-state index contributed by atoms with van der Waals surface area (Å²) in [5.41, 5.74) is 2.05. The number of carbonyl (C=O) groups excluding carboxylic acids is 3. The van der Waals surface area contributed by atoms with Crippen LogP contribution in [0.5, 0.6) is 0 Å². The molecule has 0 spiro atoms. The number of amides is 3. The van der Waals surface area contributed by atoms with Gasteiger partial charge in [0.15, 0.2) is 0 Å². The lowest BCUT2D eigenvalue weighted by atomic mass is 9.91. The molecule has 2 aromatic carbocycles. The molecule has 1 atom stereocenters. The number of hydrogen-bond donors (Lipinski definition) is 1. The zero-order chi connectivity index (χ0) is 20.2. The van der Waals surface area contributed by atoms with Crippen molar-refractivity contribution >= 4 is 17.7 Å². The van der Waals surface area contributed by atoms with E-state index in [4.69, 9.17) is 0 Å². The van der Waals surface area contributed by atoms with Gasteiger partial charge in [0.1, 0.15) is 0 Å². The lowest BCUT2D eigenvalue weighted by Gasteiger charge is -2.25. The Morgan fingerprint density at radius 2 is 1.52 bits per heavy atom. The van der Waals surface area contributed by atoms with Crippen molar-refractivity contribution in [3.8, 4) is 0 Å². The second-order valence-corrected chi connectivity index (χ2v) is 7.91. The Morgan fingerprint density at radius 3 is 2.14 bits per heavy atom. The van der Waals surface area contributed by atoms with Crippen LogP contribution >= 0.6 is 0 Å². The van der Waals surface area contributed by atoms with E-state index in [1.807, 2.05) is 18.2 Å². The average molecular weight is 390 g/mol. The van der Waals surface area contributed by atoms with E-state index in [9.17, 15) is 14.4 Å². The number of nitrogens with one attached hydrogen (secondary N) is 1. The van der Waals surface area contributed by atoms with Crippen molar-refractivity contribution in [2.45, 2.75) is 44.6 Å². The Balaban J connectivity index is 1.34. The van der Waals surface area contributed by atoms with E-state index < -0.39 is 0 Å². The highest BCUT2D eigenvalue weighted by atomic mass is 16.2. The normalized spacial score (nSPS) is 17.4. The minimum absolute atomic E-state index is 0.0256. The highest BCUT2D eigenvalue weighted by Gasteiger charge is 2.34. The van der Waals surface area contributed by atoms with Gasteiger partial charge in [-0.25, -0.2) is 0 Å². The van der Waals surface area contributed by atoms with Crippen LogP contribution in [0.1, 0.15) is 70.8 Å². The number of nitrogens with zero attached hydrogens (tertiary/aromatic N) is 1. The first-order valence-electron chi connectivity index (χ1n) is 10.4. The molecule has 4 rings (SSSR count). The second kappa shape index (κ2) is 8.60. The lowest BCUT2D eigenvalue weighted by Crippen LogP contribution is -2.34. The van der Waals surface area contributed by atoms with E-state index in [2.05, 4.69) is 17.4 Å². The van der Waals surface area contributed by atoms with Crippen LogP contribution < -0.4 is 5.32 Å². The summed E-state index contributed by atoms with van der Waals surface area (Å²) < 4.78 is 0. The Kier molecular flexibility index (Phi) is 5.74. The van der Waals surface area contributed by atoms with Crippen molar-refractivity contribution in [2.24, 2.45) is 5.92 Å². The molecular weight excluding hydrogens is 364 g/mol. The van der Waals surface area contributed by atoms with Gasteiger partial charge in [-0.3, -0.25) is 19.3 Å².